The van der Waals surface area contributed by atoms with E-state index >= 15 is 0 Å². The van der Waals surface area contributed by atoms with Crippen molar-refractivity contribution < 1.29 is 13.9 Å². The molecule has 1 rings (SSSR count). The zero-order valence-electron chi connectivity index (χ0n) is 7.92. The van der Waals surface area contributed by atoms with E-state index in [1.165, 1.54) is 0 Å². The second-order valence-electron chi connectivity index (χ2n) is 2.76. The van der Waals surface area contributed by atoms with E-state index in [1.807, 2.05) is 12.1 Å². The highest BCUT2D eigenvalue weighted by atomic mass is 19.1. The topological polar surface area (TPSA) is 38.3 Å². The van der Waals surface area contributed by atoms with Gasteiger partial charge in [0.2, 0.25) is 0 Å². The maximum Gasteiger partial charge on any atom is 0.251 e. The van der Waals surface area contributed by atoms with Gasteiger partial charge in [0.15, 0.2) is 6.67 Å². The van der Waals surface area contributed by atoms with E-state index in [2.05, 4.69) is 5.32 Å². The van der Waals surface area contributed by atoms with Crippen LogP contribution in [0.3, 0.4) is 0 Å². The van der Waals surface area contributed by atoms with Crippen LogP contribution in [0.15, 0.2) is 24.3 Å². The molecule has 0 spiro atoms. The summed E-state index contributed by atoms with van der Waals surface area (Å²) in [5, 5.41) is 2.43. The third-order valence-electron chi connectivity index (χ3n) is 1.77. The first-order valence-electron chi connectivity index (χ1n) is 4.22. The molecular weight excluding hydrogens is 185 g/mol. The van der Waals surface area contributed by atoms with E-state index in [1.54, 1.807) is 19.2 Å². The Hall–Kier alpha value is -1.58. The third kappa shape index (κ3) is 3.05. The standard InChI is InChI=1S/C10H12FNO2/c1-14-9-4-2-8(3-5-9)7-12-10(13)6-11/h2-5H,6-7H2,1H3,(H,12,13). The summed E-state index contributed by atoms with van der Waals surface area (Å²) in [5.74, 6) is 0.159. The molecule has 0 atom stereocenters. The van der Waals surface area contributed by atoms with Crippen LogP contribution < -0.4 is 10.1 Å². The first kappa shape index (κ1) is 10.5. The third-order valence-corrected chi connectivity index (χ3v) is 1.77. The van der Waals surface area contributed by atoms with Gasteiger partial charge in [0, 0.05) is 6.54 Å². The van der Waals surface area contributed by atoms with Crippen molar-refractivity contribution in [3.63, 3.8) is 0 Å². The van der Waals surface area contributed by atoms with Gasteiger partial charge in [-0.05, 0) is 17.7 Å². The van der Waals surface area contributed by atoms with E-state index in [4.69, 9.17) is 4.74 Å². The molecule has 1 aromatic carbocycles. The van der Waals surface area contributed by atoms with Crippen molar-refractivity contribution in [2.75, 3.05) is 13.8 Å². The Balaban J connectivity index is 2.47. The first-order chi connectivity index (χ1) is 6.76. The maximum absolute atomic E-state index is 11.8. The number of hydrogen-bond donors (Lipinski definition) is 1. The Bertz CT molecular complexity index is 297. The smallest absolute Gasteiger partial charge is 0.251 e. The maximum atomic E-state index is 11.8. The molecule has 0 aliphatic heterocycles. The van der Waals surface area contributed by atoms with Crippen LogP contribution in [0.2, 0.25) is 0 Å². The molecule has 0 radical (unpaired) electrons. The van der Waals surface area contributed by atoms with Crippen molar-refractivity contribution in [2.45, 2.75) is 6.54 Å². The van der Waals surface area contributed by atoms with E-state index in [0.29, 0.717) is 6.54 Å². The molecule has 0 aromatic heterocycles. The van der Waals surface area contributed by atoms with Gasteiger partial charge in [-0.1, -0.05) is 12.1 Å². The number of carbonyl (C=O) groups is 1. The molecule has 0 aliphatic rings. The lowest BCUT2D eigenvalue weighted by atomic mass is 10.2. The van der Waals surface area contributed by atoms with Gasteiger partial charge in [0.25, 0.3) is 5.91 Å². The van der Waals surface area contributed by atoms with Gasteiger partial charge >= 0.3 is 0 Å². The Morgan fingerprint density at radius 3 is 2.57 bits per heavy atom. The number of halogens is 1. The van der Waals surface area contributed by atoms with Gasteiger partial charge in [-0.25, -0.2) is 4.39 Å². The fraction of sp³-hybridized carbons (Fsp3) is 0.300. The molecule has 0 unspecified atom stereocenters. The second-order valence-corrected chi connectivity index (χ2v) is 2.76. The Labute approximate surface area is 81.9 Å². The SMILES string of the molecule is COc1ccc(CNC(=O)CF)cc1. The number of methoxy groups -OCH3 is 1. The number of rotatable bonds is 4. The molecule has 0 aliphatic carbocycles. The van der Waals surface area contributed by atoms with E-state index in [9.17, 15) is 9.18 Å². The molecule has 14 heavy (non-hydrogen) atoms. The average Bonchev–Trinajstić information content (AvgIpc) is 2.26. The summed E-state index contributed by atoms with van der Waals surface area (Å²) in [5.41, 5.74) is 0.910. The molecule has 1 aromatic rings. The highest BCUT2D eigenvalue weighted by Gasteiger charge is 1.99. The summed E-state index contributed by atoms with van der Waals surface area (Å²) in [6.07, 6.45) is 0. The van der Waals surface area contributed by atoms with Gasteiger partial charge in [-0.15, -0.1) is 0 Å². The Morgan fingerprint density at radius 1 is 1.43 bits per heavy atom. The largest absolute Gasteiger partial charge is 0.497 e. The zero-order valence-corrected chi connectivity index (χ0v) is 7.92. The minimum Gasteiger partial charge on any atom is -0.497 e. The Kier molecular flexibility index (Phi) is 3.91. The van der Waals surface area contributed by atoms with E-state index < -0.39 is 12.6 Å². The molecule has 4 heteroatoms. The van der Waals surface area contributed by atoms with Gasteiger partial charge < -0.3 is 10.1 Å². The molecule has 1 N–H and O–H groups in total. The minimum absolute atomic E-state index is 0.340. The van der Waals surface area contributed by atoms with Gasteiger partial charge in [-0.2, -0.15) is 0 Å². The summed E-state index contributed by atoms with van der Waals surface area (Å²) in [6, 6.07) is 7.21. The van der Waals surface area contributed by atoms with Gasteiger partial charge in [-0.3, -0.25) is 4.79 Å². The normalized spacial score (nSPS) is 9.57. The van der Waals surface area contributed by atoms with Crippen molar-refractivity contribution in [1.82, 2.24) is 5.32 Å². The number of amides is 1. The van der Waals surface area contributed by atoms with Crippen molar-refractivity contribution in [3.8, 4) is 5.75 Å². The van der Waals surface area contributed by atoms with Crippen LogP contribution in [0.1, 0.15) is 5.56 Å². The number of benzene rings is 1. The molecule has 0 saturated heterocycles. The highest BCUT2D eigenvalue weighted by Crippen LogP contribution is 2.10. The monoisotopic (exact) mass is 197 g/mol. The number of carbonyl (C=O) groups excluding carboxylic acids is 1. The lowest BCUT2D eigenvalue weighted by Crippen LogP contribution is -2.23. The van der Waals surface area contributed by atoms with Crippen molar-refractivity contribution in [3.05, 3.63) is 29.8 Å². The Morgan fingerprint density at radius 2 is 2.07 bits per heavy atom. The van der Waals surface area contributed by atoms with Crippen LogP contribution in [-0.4, -0.2) is 19.7 Å². The average molecular weight is 197 g/mol. The minimum atomic E-state index is -0.976. The van der Waals surface area contributed by atoms with Gasteiger partial charge in [0.1, 0.15) is 5.75 Å². The second kappa shape index (κ2) is 5.21. The number of ether oxygens (including phenoxy) is 1. The number of alkyl halides is 1. The van der Waals surface area contributed by atoms with Crippen molar-refractivity contribution >= 4 is 5.91 Å². The lowest BCUT2D eigenvalue weighted by molar-refractivity contribution is -0.122. The van der Waals surface area contributed by atoms with E-state index in [-0.39, 0.29) is 0 Å². The number of hydrogen-bond acceptors (Lipinski definition) is 2. The van der Waals surface area contributed by atoms with Crippen LogP contribution in [0.25, 0.3) is 0 Å². The predicted octanol–water partition coefficient (Wildman–Crippen LogP) is 1.28. The van der Waals surface area contributed by atoms with Crippen LogP contribution >= 0.6 is 0 Å². The molecular formula is C10H12FNO2. The van der Waals surface area contributed by atoms with Crippen molar-refractivity contribution in [1.29, 1.82) is 0 Å². The first-order valence-corrected chi connectivity index (χ1v) is 4.22. The lowest BCUT2D eigenvalue weighted by Gasteiger charge is -2.04. The summed E-state index contributed by atoms with van der Waals surface area (Å²) in [4.78, 5) is 10.6. The molecule has 76 valence electrons. The van der Waals surface area contributed by atoms with Crippen LogP contribution in [0, 0.1) is 0 Å². The molecule has 0 fully saturated rings. The fourth-order valence-electron chi connectivity index (χ4n) is 0.991. The summed E-state index contributed by atoms with van der Waals surface area (Å²) >= 11 is 0. The molecule has 0 heterocycles. The summed E-state index contributed by atoms with van der Waals surface area (Å²) in [6.45, 7) is -0.636. The van der Waals surface area contributed by atoms with Crippen molar-refractivity contribution in [2.24, 2.45) is 0 Å². The zero-order chi connectivity index (χ0) is 10.4. The summed E-state index contributed by atoms with van der Waals surface area (Å²) < 4.78 is 16.7. The molecule has 0 bridgehead atoms. The molecule has 0 saturated carbocycles. The fourth-order valence-corrected chi connectivity index (χ4v) is 0.991. The predicted molar refractivity (Wildman–Crippen MR) is 50.8 cm³/mol. The van der Waals surface area contributed by atoms with Crippen LogP contribution in [0.4, 0.5) is 4.39 Å². The number of nitrogens with one attached hydrogen (secondary N) is 1. The van der Waals surface area contributed by atoms with Crippen LogP contribution in [0.5, 0.6) is 5.75 Å². The molecule has 3 nitrogen and oxygen atoms in total. The quantitative estimate of drug-likeness (QED) is 0.789. The van der Waals surface area contributed by atoms with Crippen LogP contribution in [-0.2, 0) is 11.3 Å². The highest BCUT2D eigenvalue weighted by molar-refractivity contribution is 5.76. The molecule has 1 amide bonds. The van der Waals surface area contributed by atoms with E-state index in [0.717, 1.165) is 11.3 Å². The summed E-state index contributed by atoms with van der Waals surface area (Å²) in [7, 11) is 1.58. The van der Waals surface area contributed by atoms with Gasteiger partial charge in [0.05, 0.1) is 7.11 Å².